The zero-order valence-electron chi connectivity index (χ0n) is 16.2. The average molecular weight is 433 g/mol. The number of benzene rings is 2. The Morgan fingerprint density at radius 3 is 2.45 bits per heavy atom. The number of carbonyl (C=O) groups is 2. The van der Waals surface area contributed by atoms with Crippen molar-refractivity contribution < 1.29 is 14.3 Å². The van der Waals surface area contributed by atoms with Crippen molar-refractivity contribution in [1.29, 1.82) is 0 Å². The molecule has 5 nitrogen and oxygen atoms in total. The highest BCUT2D eigenvalue weighted by atomic mass is 35.5. The minimum atomic E-state index is -0.287. The minimum Gasteiger partial charge on any atom is -0.466 e. The van der Waals surface area contributed by atoms with Gasteiger partial charge in [0, 0.05) is 24.4 Å². The van der Waals surface area contributed by atoms with E-state index in [0.29, 0.717) is 24.6 Å². The van der Waals surface area contributed by atoms with Gasteiger partial charge in [0.05, 0.1) is 6.61 Å². The number of thiocarbonyl (C=S) groups is 1. The van der Waals surface area contributed by atoms with E-state index < -0.39 is 0 Å². The molecule has 29 heavy (non-hydrogen) atoms. The number of halogens is 1. The van der Waals surface area contributed by atoms with Gasteiger partial charge in [0.2, 0.25) is 5.91 Å². The standard InChI is InChI=1S/C22H25ClN2O3S/c23-19-12-5-4-11-18(19)16-24-22(29)25-20(26)13-6-14-21(27)28-15-7-10-17-8-2-1-3-9-17/h1-5,8-9,11-12H,6-7,10,13-16H2,(H2,24,25,26,29). The smallest absolute Gasteiger partial charge is 0.305 e. The molecule has 0 spiro atoms. The van der Waals surface area contributed by atoms with E-state index in [-0.39, 0.29) is 29.8 Å². The fourth-order valence-corrected chi connectivity index (χ4v) is 3.01. The summed E-state index contributed by atoms with van der Waals surface area (Å²) in [5, 5.41) is 6.41. The van der Waals surface area contributed by atoms with Gasteiger partial charge >= 0.3 is 5.97 Å². The van der Waals surface area contributed by atoms with E-state index in [1.54, 1.807) is 6.07 Å². The van der Waals surface area contributed by atoms with Crippen molar-refractivity contribution in [1.82, 2.24) is 10.6 Å². The van der Waals surface area contributed by atoms with Crippen molar-refractivity contribution in [2.75, 3.05) is 6.61 Å². The first-order chi connectivity index (χ1) is 14.0. The summed E-state index contributed by atoms with van der Waals surface area (Å²) in [6, 6.07) is 17.5. The summed E-state index contributed by atoms with van der Waals surface area (Å²) in [5.41, 5.74) is 2.11. The Morgan fingerprint density at radius 1 is 0.966 bits per heavy atom. The van der Waals surface area contributed by atoms with Gasteiger partial charge in [0.15, 0.2) is 5.11 Å². The third kappa shape index (κ3) is 9.54. The van der Waals surface area contributed by atoms with E-state index in [4.69, 9.17) is 28.6 Å². The quantitative estimate of drug-likeness (QED) is 0.335. The molecule has 0 aromatic heterocycles. The number of rotatable bonds is 10. The summed E-state index contributed by atoms with van der Waals surface area (Å²) < 4.78 is 5.20. The lowest BCUT2D eigenvalue weighted by molar-refractivity contribution is -0.143. The largest absolute Gasteiger partial charge is 0.466 e. The molecule has 0 heterocycles. The van der Waals surface area contributed by atoms with Gasteiger partial charge in [-0.3, -0.25) is 9.59 Å². The molecular formula is C22H25ClN2O3S. The van der Waals surface area contributed by atoms with Crippen LogP contribution < -0.4 is 10.6 Å². The Kier molecular flexibility index (Phi) is 10.2. The molecule has 0 aliphatic carbocycles. The summed E-state index contributed by atoms with van der Waals surface area (Å²) >= 11 is 11.2. The number of nitrogens with one attached hydrogen (secondary N) is 2. The van der Waals surface area contributed by atoms with Gasteiger partial charge in [0.25, 0.3) is 0 Å². The number of hydrogen-bond donors (Lipinski definition) is 2. The SMILES string of the molecule is O=C(CCCC(=O)OCCCc1ccccc1)NC(=S)NCc1ccccc1Cl. The molecule has 0 radical (unpaired) electrons. The fraction of sp³-hybridized carbons (Fsp3) is 0.318. The maximum absolute atomic E-state index is 11.9. The van der Waals surface area contributed by atoms with E-state index in [1.165, 1.54) is 5.56 Å². The zero-order valence-corrected chi connectivity index (χ0v) is 17.7. The lowest BCUT2D eigenvalue weighted by Crippen LogP contribution is -2.38. The van der Waals surface area contributed by atoms with Crippen LogP contribution in [0.4, 0.5) is 0 Å². The van der Waals surface area contributed by atoms with Crippen molar-refractivity contribution in [2.45, 2.75) is 38.6 Å². The molecule has 0 aliphatic rings. The first-order valence-corrected chi connectivity index (χ1v) is 10.3. The summed E-state index contributed by atoms with van der Waals surface area (Å²) in [6.45, 7) is 0.810. The van der Waals surface area contributed by atoms with Crippen LogP contribution >= 0.6 is 23.8 Å². The van der Waals surface area contributed by atoms with Gasteiger partial charge in [-0.25, -0.2) is 0 Å². The molecule has 2 N–H and O–H groups in total. The van der Waals surface area contributed by atoms with Gasteiger partial charge < -0.3 is 15.4 Å². The highest BCUT2D eigenvalue weighted by molar-refractivity contribution is 7.80. The van der Waals surface area contributed by atoms with E-state index in [1.807, 2.05) is 48.5 Å². The van der Waals surface area contributed by atoms with Crippen LogP contribution in [0.2, 0.25) is 5.02 Å². The topological polar surface area (TPSA) is 67.4 Å². The fourth-order valence-electron chi connectivity index (χ4n) is 2.62. The van der Waals surface area contributed by atoms with Crippen LogP contribution in [0.1, 0.15) is 36.8 Å². The Hall–Kier alpha value is -2.44. The van der Waals surface area contributed by atoms with Gasteiger partial charge in [-0.1, -0.05) is 60.1 Å². The molecule has 0 atom stereocenters. The Morgan fingerprint density at radius 2 is 1.69 bits per heavy atom. The van der Waals surface area contributed by atoms with E-state index in [2.05, 4.69) is 10.6 Å². The van der Waals surface area contributed by atoms with E-state index in [0.717, 1.165) is 18.4 Å². The van der Waals surface area contributed by atoms with Gasteiger partial charge in [-0.15, -0.1) is 0 Å². The summed E-state index contributed by atoms with van der Waals surface area (Å²) in [7, 11) is 0. The van der Waals surface area contributed by atoms with Crippen molar-refractivity contribution >= 4 is 40.8 Å². The van der Waals surface area contributed by atoms with Crippen LogP contribution in [-0.2, 0) is 27.3 Å². The van der Waals surface area contributed by atoms with Gasteiger partial charge in [-0.2, -0.15) is 0 Å². The van der Waals surface area contributed by atoms with Crippen LogP contribution in [0.3, 0.4) is 0 Å². The van der Waals surface area contributed by atoms with Gasteiger partial charge in [-0.05, 0) is 48.7 Å². The Bertz CT molecular complexity index is 815. The molecule has 2 rings (SSSR count). The molecule has 0 aliphatic heterocycles. The van der Waals surface area contributed by atoms with Crippen molar-refractivity contribution in [3.05, 3.63) is 70.7 Å². The van der Waals surface area contributed by atoms with Crippen LogP contribution in [-0.4, -0.2) is 23.6 Å². The monoisotopic (exact) mass is 432 g/mol. The minimum absolute atomic E-state index is 0.201. The molecule has 0 saturated carbocycles. The normalized spacial score (nSPS) is 10.2. The zero-order chi connectivity index (χ0) is 20.9. The molecule has 0 unspecified atom stereocenters. The first-order valence-electron chi connectivity index (χ1n) is 9.55. The van der Waals surface area contributed by atoms with Gasteiger partial charge in [0.1, 0.15) is 0 Å². The number of carbonyl (C=O) groups excluding carboxylic acids is 2. The number of esters is 1. The van der Waals surface area contributed by atoms with Crippen molar-refractivity contribution in [3.63, 3.8) is 0 Å². The lowest BCUT2D eigenvalue weighted by atomic mass is 10.1. The number of ether oxygens (including phenoxy) is 1. The highest BCUT2D eigenvalue weighted by Gasteiger charge is 2.08. The average Bonchev–Trinajstić information content (AvgIpc) is 2.71. The van der Waals surface area contributed by atoms with Crippen LogP contribution in [0.15, 0.2) is 54.6 Å². The predicted molar refractivity (Wildman–Crippen MR) is 119 cm³/mol. The van der Waals surface area contributed by atoms with E-state index >= 15 is 0 Å². The number of amides is 1. The molecule has 154 valence electrons. The molecule has 0 bridgehead atoms. The maximum atomic E-state index is 11.9. The second-order valence-electron chi connectivity index (χ2n) is 6.49. The predicted octanol–water partition coefficient (Wildman–Crippen LogP) is 4.18. The third-order valence-corrected chi connectivity index (χ3v) is 4.77. The molecular weight excluding hydrogens is 408 g/mol. The highest BCUT2D eigenvalue weighted by Crippen LogP contribution is 2.14. The summed E-state index contributed by atoms with van der Waals surface area (Å²) in [5.74, 6) is -0.524. The molecule has 1 amide bonds. The first kappa shape index (κ1) is 22.8. The second-order valence-corrected chi connectivity index (χ2v) is 7.30. The molecule has 2 aromatic rings. The lowest BCUT2D eigenvalue weighted by Gasteiger charge is -2.10. The summed E-state index contributed by atoms with van der Waals surface area (Å²) in [4.78, 5) is 23.7. The van der Waals surface area contributed by atoms with Crippen LogP contribution in [0.5, 0.6) is 0 Å². The van der Waals surface area contributed by atoms with Crippen LogP contribution in [0.25, 0.3) is 0 Å². The molecule has 7 heteroatoms. The molecule has 0 saturated heterocycles. The Labute approximate surface area is 181 Å². The van der Waals surface area contributed by atoms with Crippen molar-refractivity contribution in [3.8, 4) is 0 Å². The number of aryl methyl sites for hydroxylation is 1. The maximum Gasteiger partial charge on any atom is 0.305 e. The molecule has 0 fully saturated rings. The summed E-state index contributed by atoms with van der Waals surface area (Å²) in [6.07, 6.45) is 2.47. The Balaban J connectivity index is 1.52. The van der Waals surface area contributed by atoms with E-state index in [9.17, 15) is 9.59 Å². The number of hydrogen-bond acceptors (Lipinski definition) is 4. The van der Waals surface area contributed by atoms with Crippen molar-refractivity contribution in [2.24, 2.45) is 0 Å². The second kappa shape index (κ2) is 12.9. The molecule has 2 aromatic carbocycles. The van der Waals surface area contributed by atoms with Crippen LogP contribution in [0, 0.1) is 0 Å². The third-order valence-electron chi connectivity index (χ3n) is 4.15.